The molecule has 42 valence electrons. The summed E-state index contributed by atoms with van der Waals surface area (Å²) in [5.74, 6) is 0. The third kappa shape index (κ3) is 114. The van der Waals surface area contributed by atoms with Gasteiger partial charge >= 0.3 is 57.8 Å². The minimum Gasteiger partial charge on any atom is 2.00 e. The number of rotatable bonds is 0. The molecule has 0 saturated heterocycles. The summed E-state index contributed by atoms with van der Waals surface area (Å²) in [6.07, 6.45) is 0. The molecular weight excluding hydrogens is 406 g/mol. The van der Waals surface area contributed by atoms with Crippen molar-refractivity contribution in [2.45, 2.75) is 0 Å². The first kappa shape index (κ1) is 23.8. The molecule has 0 heterocycles. The molecule has 7 heavy (non-hydrogen) atoms. The zero-order chi connectivity index (χ0) is 3.58. The molecule has 0 fully saturated rings. The molecule has 7 heteroatoms. The van der Waals surface area contributed by atoms with E-state index in [-0.39, 0.29) is 38.3 Å². The summed E-state index contributed by atoms with van der Waals surface area (Å²) >= 11 is -4.29. The Morgan fingerprint density at radius 3 is 1.14 bits per heavy atom. The Morgan fingerprint density at radius 2 is 1.14 bits per heavy atom. The largest absolute Gasteiger partial charge is 2.00 e. The van der Waals surface area contributed by atoms with E-state index in [1.807, 2.05) is 0 Å². The van der Waals surface area contributed by atoms with Gasteiger partial charge < -0.3 is 11.0 Å². The third-order valence-electron chi connectivity index (χ3n) is 0. The zero-order valence-corrected chi connectivity index (χ0v) is 9.97. The van der Waals surface area contributed by atoms with E-state index < -0.39 is 20.6 Å². The van der Waals surface area contributed by atoms with Crippen molar-refractivity contribution in [3.05, 3.63) is 0 Å². The summed E-state index contributed by atoms with van der Waals surface area (Å²) in [5.41, 5.74) is 0. The third-order valence-corrected chi connectivity index (χ3v) is 0. The predicted octanol–water partition coefficient (Wildman–Crippen LogP) is -4.91. The van der Waals surface area contributed by atoms with Crippen LogP contribution in [0.3, 0.4) is 0 Å². The molecule has 0 aromatic rings. The van der Waals surface area contributed by atoms with E-state index in [2.05, 4.69) is 0 Å². The van der Waals surface area contributed by atoms with Gasteiger partial charge in [-0.1, -0.05) is 0 Å². The first-order valence-electron chi connectivity index (χ1n) is 0.612. The molecular formula is H4O5PbSn. The molecule has 0 amide bonds. The fraction of sp³-hybridized carbons (Fsp3) is 0. The van der Waals surface area contributed by atoms with Crippen LogP contribution in [0.4, 0.5) is 0 Å². The van der Waals surface area contributed by atoms with Gasteiger partial charge in [-0.2, -0.15) is 0 Å². The van der Waals surface area contributed by atoms with Crippen molar-refractivity contribution in [1.82, 2.24) is 0 Å². The SMILES string of the molecule is O.O.[O]=[Sn]([O-])[O-].[Pb+2]. The Bertz CT molecular complexity index is 31.1. The second-order valence-electron chi connectivity index (χ2n) is 0.250. The maximum atomic E-state index is 8.61. The molecule has 0 aromatic carbocycles. The average molecular weight is 410 g/mol. The molecule has 0 aliphatic heterocycles. The standard InChI is InChI=1S/2H2O.3O.Pb.Sn/h2*1H2;;;;;/q;;;2*-1;+2;. The molecule has 0 bridgehead atoms. The molecule has 0 rings (SSSR count). The minimum atomic E-state index is -4.29. The minimum absolute atomic E-state index is 0. The zero-order valence-electron chi connectivity index (χ0n) is 3.22. The summed E-state index contributed by atoms with van der Waals surface area (Å²) in [4.78, 5) is 0. The van der Waals surface area contributed by atoms with Gasteiger partial charge in [0.2, 0.25) is 0 Å². The van der Waals surface area contributed by atoms with Crippen LogP contribution >= 0.6 is 0 Å². The van der Waals surface area contributed by atoms with Crippen LogP contribution in [-0.4, -0.2) is 58.8 Å². The topological polar surface area (TPSA) is 126 Å². The summed E-state index contributed by atoms with van der Waals surface area (Å²) in [6.45, 7) is 0. The normalized spacial score (nSPS) is 3.71. The Balaban J connectivity index is -0.0000000150. The van der Waals surface area contributed by atoms with Gasteiger partial charge in [0.25, 0.3) is 0 Å². The van der Waals surface area contributed by atoms with Gasteiger partial charge in [-0.3, -0.25) is 0 Å². The van der Waals surface area contributed by atoms with Crippen molar-refractivity contribution in [3.63, 3.8) is 0 Å². The molecule has 0 spiro atoms. The quantitative estimate of drug-likeness (QED) is 0.372. The first-order chi connectivity index (χ1) is 1.73. The van der Waals surface area contributed by atoms with Crippen LogP contribution in [0.25, 0.3) is 0 Å². The van der Waals surface area contributed by atoms with Gasteiger partial charge in [-0.15, -0.1) is 0 Å². The molecule has 0 aromatic heterocycles. The summed E-state index contributed by atoms with van der Waals surface area (Å²) in [6, 6.07) is 0. The van der Waals surface area contributed by atoms with Crippen molar-refractivity contribution in [3.8, 4) is 0 Å². The van der Waals surface area contributed by atoms with Crippen molar-refractivity contribution >= 4 is 47.9 Å². The van der Waals surface area contributed by atoms with Gasteiger partial charge in [0.1, 0.15) is 0 Å². The van der Waals surface area contributed by atoms with E-state index >= 15 is 0 Å². The molecule has 0 aliphatic carbocycles. The first-order valence-corrected chi connectivity index (χ1v) is 4.11. The molecule has 0 atom stereocenters. The summed E-state index contributed by atoms with van der Waals surface area (Å²) < 4.78 is 25.8. The predicted molar refractivity (Wildman–Crippen MR) is 19.4 cm³/mol. The Hall–Kier alpha value is 1.36. The van der Waals surface area contributed by atoms with Crippen LogP contribution in [0.5, 0.6) is 0 Å². The van der Waals surface area contributed by atoms with Crippen molar-refractivity contribution in [2.24, 2.45) is 0 Å². The van der Waals surface area contributed by atoms with E-state index in [1.54, 1.807) is 0 Å². The monoisotopic (exact) mass is 412 g/mol. The van der Waals surface area contributed by atoms with Gasteiger partial charge in [0.15, 0.2) is 0 Å². The maximum Gasteiger partial charge on any atom is 2.00 e. The molecule has 0 saturated carbocycles. The molecule has 5 nitrogen and oxygen atoms in total. The molecule has 2 radical (unpaired) electrons. The molecule has 0 aliphatic rings. The smallest absolute Gasteiger partial charge is 2.00 e. The van der Waals surface area contributed by atoms with Gasteiger partial charge in [0, 0.05) is 0 Å². The van der Waals surface area contributed by atoms with Crippen LogP contribution < -0.4 is 6.89 Å². The average Bonchev–Trinajstić information content (AvgIpc) is 0.811. The van der Waals surface area contributed by atoms with Gasteiger partial charge in [-0.25, -0.2) is 0 Å². The van der Waals surface area contributed by atoms with E-state index in [9.17, 15) is 0 Å². The van der Waals surface area contributed by atoms with E-state index in [1.165, 1.54) is 0 Å². The van der Waals surface area contributed by atoms with E-state index in [4.69, 9.17) is 9.96 Å². The van der Waals surface area contributed by atoms with E-state index in [0.29, 0.717) is 0 Å². The number of hydrogen-bond donors (Lipinski definition) is 0. The van der Waals surface area contributed by atoms with Crippen molar-refractivity contribution < 1.29 is 20.9 Å². The Kier molecular flexibility index (Phi) is 53.3. The van der Waals surface area contributed by atoms with Crippen LogP contribution in [0.1, 0.15) is 0 Å². The van der Waals surface area contributed by atoms with Crippen LogP contribution in [0.2, 0.25) is 0 Å². The van der Waals surface area contributed by atoms with Crippen LogP contribution in [0, 0.1) is 0 Å². The fourth-order valence-electron chi connectivity index (χ4n) is 0. The Morgan fingerprint density at radius 1 is 1.14 bits per heavy atom. The van der Waals surface area contributed by atoms with Crippen LogP contribution in [-0.2, 0) is 3.08 Å². The van der Waals surface area contributed by atoms with Crippen molar-refractivity contribution in [1.29, 1.82) is 0 Å². The maximum absolute atomic E-state index is 8.61. The molecule has 4 N–H and O–H groups in total. The van der Waals surface area contributed by atoms with Crippen molar-refractivity contribution in [2.75, 3.05) is 0 Å². The fourth-order valence-corrected chi connectivity index (χ4v) is 0. The van der Waals surface area contributed by atoms with Crippen LogP contribution in [0.15, 0.2) is 0 Å². The van der Waals surface area contributed by atoms with Gasteiger partial charge in [0.05, 0.1) is 0 Å². The second kappa shape index (κ2) is 15.7. The van der Waals surface area contributed by atoms with E-state index in [0.717, 1.165) is 0 Å². The summed E-state index contributed by atoms with van der Waals surface area (Å²) in [5, 5.41) is 0. The second-order valence-corrected chi connectivity index (χ2v) is 1.68. The number of hydrogen-bond acceptors (Lipinski definition) is 3. The summed E-state index contributed by atoms with van der Waals surface area (Å²) in [7, 11) is 0. The molecule has 0 unspecified atom stereocenters. The van der Waals surface area contributed by atoms with Gasteiger partial charge in [-0.05, 0) is 0 Å². The Labute approximate surface area is 68.3 Å².